The first-order valence-electron chi connectivity index (χ1n) is 8.88. The predicted molar refractivity (Wildman–Crippen MR) is 89.1 cm³/mol. The van der Waals surface area contributed by atoms with Crippen LogP contribution in [0.25, 0.3) is 0 Å². The summed E-state index contributed by atoms with van der Waals surface area (Å²) in [5.41, 5.74) is 0.714. The molecule has 0 bridgehead atoms. The highest BCUT2D eigenvalue weighted by atomic mass is 16.2. The molecule has 3 rings (SSSR count). The molecule has 23 heavy (non-hydrogen) atoms. The number of aryl methyl sites for hydroxylation is 1. The van der Waals surface area contributed by atoms with Gasteiger partial charge in [0, 0.05) is 32.4 Å². The van der Waals surface area contributed by atoms with Crippen LogP contribution in [0.15, 0.2) is 18.3 Å². The summed E-state index contributed by atoms with van der Waals surface area (Å²) in [6.45, 7) is 1.53. The molecule has 1 aliphatic carbocycles. The summed E-state index contributed by atoms with van der Waals surface area (Å²) < 4.78 is 1.87. The Morgan fingerprint density at radius 2 is 2.00 bits per heavy atom. The molecule has 5 nitrogen and oxygen atoms in total. The van der Waals surface area contributed by atoms with Gasteiger partial charge >= 0.3 is 0 Å². The van der Waals surface area contributed by atoms with E-state index in [9.17, 15) is 9.59 Å². The first-order chi connectivity index (χ1) is 11.2. The Balaban J connectivity index is 1.85. The van der Waals surface area contributed by atoms with Crippen LogP contribution in [0, 0.1) is 5.92 Å². The van der Waals surface area contributed by atoms with Crippen LogP contribution >= 0.6 is 0 Å². The molecular formula is C18H27N3O2. The number of carbonyl (C=O) groups excluding carboxylic acids is 2. The molecule has 2 amide bonds. The molecule has 1 saturated heterocycles. The average Bonchev–Trinajstić information content (AvgIpc) is 3.17. The summed E-state index contributed by atoms with van der Waals surface area (Å²) in [5, 5.41) is 3.08. The highest BCUT2D eigenvalue weighted by Gasteiger charge is 2.39. The Morgan fingerprint density at radius 1 is 1.17 bits per heavy atom. The number of amides is 2. The van der Waals surface area contributed by atoms with Gasteiger partial charge in [-0.1, -0.05) is 19.3 Å². The van der Waals surface area contributed by atoms with Gasteiger partial charge in [0.15, 0.2) is 0 Å². The van der Waals surface area contributed by atoms with Crippen LogP contribution in [0.2, 0.25) is 0 Å². The standard InChI is InChI=1S/C18H27N3O2/c1-20-12-7-10-16(20)18(23)21-13-5-3-2-4-11-19-17(22)14-8-6-9-15(14)21/h7,10,12,14-15H,2-6,8-9,11,13H2,1H3,(H,19,22)/t14-,15+/m1/s1. The minimum absolute atomic E-state index is 0.0441. The van der Waals surface area contributed by atoms with Crippen molar-refractivity contribution >= 4 is 11.8 Å². The van der Waals surface area contributed by atoms with Gasteiger partial charge in [0.05, 0.1) is 5.92 Å². The van der Waals surface area contributed by atoms with Crippen LogP contribution in [0.1, 0.15) is 55.4 Å². The molecule has 0 aromatic carbocycles. The van der Waals surface area contributed by atoms with Gasteiger partial charge in [0.2, 0.25) is 5.91 Å². The fourth-order valence-electron chi connectivity index (χ4n) is 3.97. The molecule has 0 unspecified atom stereocenters. The minimum atomic E-state index is -0.0441. The maximum absolute atomic E-state index is 13.1. The molecule has 0 radical (unpaired) electrons. The topological polar surface area (TPSA) is 54.3 Å². The summed E-state index contributed by atoms with van der Waals surface area (Å²) in [6.07, 6.45) is 9.05. The zero-order valence-corrected chi connectivity index (χ0v) is 14.0. The van der Waals surface area contributed by atoms with E-state index in [1.54, 1.807) is 0 Å². The quantitative estimate of drug-likeness (QED) is 0.864. The van der Waals surface area contributed by atoms with Gasteiger partial charge < -0.3 is 14.8 Å². The van der Waals surface area contributed by atoms with Crippen molar-refractivity contribution in [3.05, 3.63) is 24.0 Å². The van der Waals surface area contributed by atoms with Crippen molar-refractivity contribution in [3.8, 4) is 0 Å². The number of hydrogen-bond acceptors (Lipinski definition) is 2. The van der Waals surface area contributed by atoms with Crippen LogP contribution in [0.4, 0.5) is 0 Å². The number of nitrogens with zero attached hydrogens (tertiary/aromatic N) is 2. The van der Waals surface area contributed by atoms with E-state index in [0.717, 1.165) is 58.0 Å². The SMILES string of the molecule is Cn1cccc1C(=O)N1CCCCCCNC(=O)[C@@H]2CCC[C@@H]21. The van der Waals surface area contributed by atoms with Gasteiger partial charge in [0.1, 0.15) is 5.69 Å². The molecule has 0 spiro atoms. The zero-order valence-electron chi connectivity index (χ0n) is 14.0. The molecule has 1 N–H and O–H groups in total. The largest absolute Gasteiger partial charge is 0.356 e. The van der Waals surface area contributed by atoms with Gasteiger partial charge in [-0.3, -0.25) is 9.59 Å². The molecule has 2 atom stereocenters. The van der Waals surface area contributed by atoms with E-state index in [2.05, 4.69) is 5.32 Å². The third kappa shape index (κ3) is 3.43. The van der Waals surface area contributed by atoms with E-state index in [-0.39, 0.29) is 23.8 Å². The molecule has 2 fully saturated rings. The van der Waals surface area contributed by atoms with Crippen molar-refractivity contribution in [2.24, 2.45) is 13.0 Å². The lowest BCUT2D eigenvalue weighted by Gasteiger charge is -2.32. The summed E-state index contributed by atoms with van der Waals surface area (Å²) in [7, 11) is 1.90. The maximum Gasteiger partial charge on any atom is 0.270 e. The minimum Gasteiger partial charge on any atom is -0.356 e. The van der Waals surface area contributed by atoms with Crippen LogP contribution in [0.3, 0.4) is 0 Å². The highest BCUT2D eigenvalue weighted by molar-refractivity contribution is 5.93. The molecule has 1 aromatic rings. The van der Waals surface area contributed by atoms with Gasteiger partial charge in [-0.05, 0) is 37.8 Å². The second-order valence-electron chi connectivity index (χ2n) is 6.81. The van der Waals surface area contributed by atoms with Gasteiger partial charge in [-0.15, -0.1) is 0 Å². The fraction of sp³-hybridized carbons (Fsp3) is 0.667. The third-order valence-corrected chi connectivity index (χ3v) is 5.27. The molecule has 1 aromatic heterocycles. The number of carbonyl (C=O) groups is 2. The van der Waals surface area contributed by atoms with E-state index in [4.69, 9.17) is 0 Å². The number of rotatable bonds is 1. The fourth-order valence-corrected chi connectivity index (χ4v) is 3.97. The lowest BCUT2D eigenvalue weighted by atomic mass is 10.00. The van der Waals surface area contributed by atoms with Gasteiger partial charge in [-0.2, -0.15) is 0 Å². The van der Waals surface area contributed by atoms with Crippen LogP contribution in [-0.4, -0.2) is 40.4 Å². The normalized spacial score (nSPS) is 26.3. The Hall–Kier alpha value is -1.78. The van der Waals surface area contributed by atoms with Crippen molar-refractivity contribution in [3.63, 3.8) is 0 Å². The lowest BCUT2D eigenvalue weighted by Crippen LogP contribution is -2.47. The van der Waals surface area contributed by atoms with Crippen molar-refractivity contribution < 1.29 is 9.59 Å². The molecule has 1 aliphatic heterocycles. The molecule has 1 saturated carbocycles. The van der Waals surface area contributed by atoms with E-state index < -0.39 is 0 Å². The molecule has 2 aliphatic rings. The number of hydrogen-bond donors (Lipinski definition) is 1. The smallest absolute Gasteiger partial charge is 0.270 e. The summed E-state index contributed by atoms with van der Waals surface area (Å²) in [5.74, 6) is 0.165. The molecular weight excluding hydrogens is 290 g/mol. The molecule has 2 heterocycles. The van der Waals surface area contributed by atoms with Crippen LogP contribution < -0.4 is 5.32 Å². The second-order valence-corrected chi connectivity index (χ2v) is 6.81. The maximum atomic E-state index is 13.1. The lowest BCUT2D eigenvalue weighted by molar-refractivity contribution is -0.126. The summed E-state index contributed by atoms with van der Waals surface area (Å²) in [6, 6.07) is 3.83. The van der Waals surface area contributed by atoms with E-state index in [0.29, 0.717) is 5.69 Å². The van der Waals surface area contributed by atoms with E-state index in [1.165, 1.54) is 0 Å². The Kier molecular flexibility index (Phi) is 5.03. The van der Waals surface area contributed by atoms with Crippen LogP contribution in [-0.2, 0) is 11.8 Å². The third-order valence-electron chi connectivity index (χ3n) is 5.27. The van der Waals surface area contributed by atoms with Crippen molar-refractivity contribution in [1.82, 2.24) is 14.8 Å². The monoisotopic (exact) mass is 317 g/mol. The first kappa shape index (κ1) is 16.1. The number of aromatic nitrogens is 1. The van der Waals surface area contributed by atoms with Gasteiger partial charge in [-0.25, -0.2) is 0 Å². The molecule has 126 valence electrons. The van der Waals surface area contributed by atoms with Crippen molar-refractivity contribution in [2.45, 2.75) is 51.0 Å². The Labute approximate surface area is 138 Å². The summed E-state index contributed by atoms with van der Waals surface area (Å²) in [4.78, 5) is 27.5. The summed E-state index contributed by atoms with van der Waals surface area (Å²) >= 11 is 0. The number of fused-ring (bicyclic) bond motifs is 1. The average molecular weight is 317 g/mol. The number of nitrogens with one attached hydrogen (secondary N) is 1. The predicted octanol–water partition coefficient (Wildman–Crippen LogP) is 2.33. The highest BCUT2D eigenvalue weighted by Crippen LogP contribution is 2.32. The Morgan fingerprint density at radius 3 is 2.78 bits per heavy atom. The van der Waals surface area contributed by atoms with E-state index in [1.807, 2.05) is 34.8 Å². The second kappa shape index (κ2) is 7.20. The van der Waals surface area contributed by atoms with Crippen molar-refractivity contribution in [1.29, 1.82) is 0 Å². The van der Waals surface area contributed by atoms with E-state index >= 15 is 0 Å². The molecule has 5 heteroatoms. The van der Waals surface area contributed by atoms with Crippen molar-refractivity contribution in [2.75, 3.05) is 13.1 Å². The van der Waals surface area contributed by atoms with Crippen LogP contribution in [0.5, 0.6) is 0 Å². The van der Waals surface area contributed by atoms with Gasteiger partial charge in [0.25, 0.3) is 5.91 Å². The Bertz CT molecular complexity index is 566. The zero-order chi connectivity index (χ0) is 16.2. The first-order valence-corrected chi connectivity index (χ1v) is 8.88.